The fourth-order valence-corrected chi connectivity index (χ4v) is 4.80. The van der Waals surface area contributed by atoms with E-state index >= 15 is 0 Å². The number of methoxy groups -OCH3 is 1. The minimum absolute atomic E-state index is 0.318. The van der Waals surface area contributed by atoms with Gasteiger partial charge in [0.05, 0.1) is 12.3 Å². The van der Waals surface area contributed by atoms with Crippen LogP contribution in [0.5, 0.6) is 0 Å². The standard InChI is InChI=1S/C20H18N6O2S3/c1-12-3-5-14(6-4-12)30-15-7-8-16(31-19-21-11-22-26-19)24-17(15)18(27)25-20-23-13(9-28-2)10-29-20/h3-8,10-11H,9H2,1-2H3,(H,21,22,26)(H,23,25,27). The van der Waals surface area contributed by atoms with Crippen molar-refractivity contribution in [3.05, 3.63) is 65.1 Å². The summed E-state index contributed by atoms with van der Waals surface area (Å²) in [5.74, 6) is -0.326. The van der Waals surface area contributed by atoms with Gasteiger partial charge in [0.2, 0.25) is 0 Å². The van der Waals surface area contributed by atoms with Crippen molar-refractivity contribution in [1.82, 2.24) is 25.1 Å². The molecule has 3 aromatic heterocycles. The smallest absolute Gasteiger partial charge is 0.277 e. The Balaban J connectivity index is 1.61. The quantitative estimate of drug-likeness (QED) is 0.383. The van der Waals surface area contributed by atoms with Gasteiger partial charge in [-0.2, -0.15) is 0 Å². The molecule has 0 unspecified atom stereocenters. The van der Waals surface area contributed by atoms with Crippen molar-refractivity contribution < 1.29 is 9.53 Å². The maximum absolute atomic E-state index is 13.1. The first-order valence-corrected chi connectivity index (χ1v) is 11.7. The molecule has 1 amide bonds. The third-order valence-corrected chi connectivity index (χ3v) is 6.65. The average molecular weight is 471 g/mol. The summed E-state index contributed by atoms with van der Waals surface area (Å²) in [4.78, 5) is 26.8. The topological polar surface area (TPSA) is 106 Å². The second-order valence-corrected chi connectivity index (χ2v) is 9.32. The molecule has 11 heteroatoms. The summed E-state index contributed by atoms with van der Waals surface area (Å²) in [6.45, 7) is 2.43. The number of ether oxygens (including phenoxy) is 1. The zero-order valence-corrected chi connectivity index (χ0v) is 19.1. The molecule has 4 aromatic rings. The van der Waals surface area contributed by atoms with Gasteiger partial charge < -0.3 is 9.72 Å². The van der Waals surface area contributed by atoms with Crippen LogP contribution >= 0.6 is 34.9 Å². The normalized spacial score (nSPS) is 10.9. The molecule has 0 fully saturated rings. The van der Waals surface area contributed by atoms with Crippen LogP contribution in [0.15, 0.2) is 68.1 Å². The predicted molar refractivity (Wildman–Crippen MR) is 121 cm³/mol. The third-order valence-electron chi connectivity index (χ3n) is 3.96. The first kappa shape index (κ1) is 21.5. The van der Waals surface area contributed by atoms with Crippen LogP contribution in [0.25, 0.3) is 0 Å². The van der Waals surface area contributed by atoms with E-state index in [1.807, 2.05) is 48.7 Å². The molecule has 1 aromatic carbocycles. The van der Waals surface area contributed by atoms with Crippen molar-refractivity contribution in [2.45, 2.75) is 33.5 Å². The van der Waals surface area contributed by atoms with Gasteiger partial charge in [-0.25, -0.2) is 9.97 Å². The van der Waals surface area contributed by atoms with Gasteiger partial charge in [-0.3, -0.25) is 10.1 Å². The second kappa shape index (κ2) is 10.1. The number of aromatic amines is 1. The van der Waals surface area contributed by atoms with Crippen molar-refractivity contribution in [3.8, 4) is 0 Å². The molecule has 0 atom stereocenters. The van der Waals surface area contributed by atoms with E-state index in [-0.39, 0.29) is 5.91 Å². The molecule has 0 saturated heterocycles. The summed E-state index contributed by atoms with van der Waals surface area (Å²) in [6.07, 6.45) is 1.50. The Morgan fingerprint density at radius 1 is 1.16 bits per heavy atom. The van der Waals surface area contributed by atoms with Crippen LogP contribution in [-0.2, 0) is 11.3 Å². The number of carbonyl (C=O) groups excluding carboxylic acids is 1. The summed E-state index contributed by atoms with van der Waals surface area (Å²) in [6, 6.07) is 11.9. The molecule has 4 rings (SSSR count). The number of carbonyl (C=O) groups is 1. The van der Waals surface area contributed by atoms with Crippen LogP contribution in [0.4, 0.5) is 5.13 Å². The SMILES string of the molecule is COCc1csc(NC(=O)c2nc(Sc3nnc[nH]3)ccc2Sc2ccc(C)cc2)n1. The number of hydrogen-bond donors (Lipinski definition) is 2. The minimum atomic E-state index is -0.326. The lowest BCUT2D eigenvalue weighted by atomic mass is 10.2. The number of aryl methyl sites for hydroxylation is 1. The lowest BCUT2D eigenvalue weighted by molar-refractivity contribution is 0.101. The van der Waals surface area contributed by atoms with Gasteiger partial charge >= 0.3 is 0 Å². The van der Waals surface area contributed by atoms with Crippen LogP contribution in [-0.4, -0.2) is 38.2 Å². The molecular weight excluding hydrogens is 452 g/mol. The van der Waals surface area contributed by atoms with Crippen LogP contribution in [0.2, 0.25) is 0 Å². The molecule has 0 aliphatic rings. The van der Waals surface area contributed by atoms with Crippen molar-refractivity contribution in [2.24, 2.45) is 0 Å². The Morgan fingerprint density at radius 3 is 2.74 bits per heavy atom. The number of rotatable bonds is 8. The van der Waals surface area contributed by atoms with Gasteiger partial charge in [-0.15, -0.1) is 21.5 Å². The van der Waals surface area contributed by atoms with E-state index in [2.05, 4.69) is 30.5 Å². The highest BCUT2D eigenvalue weighted by Gasteiger charge is 2.18. The van der Waals surface area contributed by atoms with Gasteiger partial charge in [0, 0.05) is 22.3 Å². The average Bonchev–Trinajstić information content (AvgIpc) is 3.43. The van der Waals surface area contributed by atoms with Crippen LogP contribution < -0.4 is 5.32 Å². The van der Waals surface area contributed by atoms with Gasteiger partial charge in [0.15, 0.2) is 10.3 Å². The number of nitrogens with one attached hydrogen (secondary N) is 2. The van der Waals surface area contributed by atoms with E-state index in [0.717, 1.165) is 15.5 Å². The number of aromatic nitrogens is 5. The van der Waals surface area contributed by atoms with E-state index in [4.69, 9.17) is 4.74 Å². The van der Waals surface area contributed by atoms with Gasteiger partial charge in [-0.05, 0) is 43.0 Å². The number of H-pyrrole nitrogens is 1. The number of thiazole rings is 1. The third kappa shape index (κ3) is 5.70. The van der Waals surface area contributed by atoms with Crippen molar-refractivity contribution in [3.63, 3.8) is 0 Å². The Bertz CT molecular complexity index is 1160. The van der Waals surface area contributed by atoms with Gasteiger partial charge in [-0.1, -0.05) is 29.5 Å². The Morgan fingerprint density at radius 2 is 2.00 bits per heavy atom. The lowest BCUT2D eigenvalue weighted by Gasteiger charge is -2.10. The minimum Gasteiger partial charge on any atom is -0.378 e. The maximum Gasteiger partial charge on any atom is 0.277 e. The van der Waals surface area contributed by atoms with E-state index in [1.165, 1.54) is 46.8 Å². The van der Waals surface area contributed by atoms with E-state index in [9.17, 15) is 4.79 Å². The monoisotopic (exact) mass is 470 g/mol. The molecule has 0 aliphatic heterocycles. The number of amides is 1. The van der Waals surface area contributed by atoms with Gasteiger partial charge in [0.1, 0.15) is 17.0 Å². The summed E-state index contributed by atoms with van der Waals surface area (Å²) in [7, 11) is 1.60. The highest BCUT2D eigenvalue weighted by Crippen LogP contribution is 2.33. The molecule has 8 nitrogen and oxygen atoms in total. The summed E-state index contributed by atoms with van der Waals surface area (Å²) < 4.78 is 5.09. The molecule has 0 saturated carbocycles. The van der Waals surface area contributed by atoms with Crippen LogP contribution in [0, 0.1) is 6.92 Å². The fraction of sp³-hybridized carbons (Fsp3) is 0.150. The fourth-order valence-electron chi connectivity index (χ4n) is 2.54. The highest BCUT2D eigenvalue weighted by atomic mass is 32.2. The number of anilines is 1. The summed E-state index contributed by atoms with van der Waals surface area (Å²) in [5, 5.41) is 14.2. The Labute approximate surface area is 191 Å². The number of nitrogens with zero attached hydrogens (tertiary/aromatic N) is 4. The molecule has 158 valence electrons. The Hall–Kier alpha value is -2.73. The maximum atomic E-state index is 13.1. The largest absolute Gasteiger partial charge is 0.378 e. The number of pyridine rings is 1. The van der Waals surface area contributed by atoms with E-state index in [0.29, 0.717) is 27.6 Å². The highest BCUT2D eigenvalue weighted by molar-refractivity contribution is 7.99. The van der Waals surface area contributed by atoms with Crippen LogP contribution in [0.1, 0.15) is 21.7 Å². The molecule has 0 aliphatic carbocycles. The molecule has 0 radical (unpaired) electrons. The van der Waals surface area contributed by atoms with Gasteiger partial charge in [0.25, 0.3) is 5.91 Å². The number of hydrogen-bond acceptors (Lipinski definition) is 9. The molecule has 2 N–H and O–H groups in total. The summed E-state index contributed by atoms with van der Waals surface area (Å²) >= 11 is 4.13. The Kier molecular flexibility index (Phi) is 6.97. The molecular formula is C20H18N6O2S3. The predicted octanol–water partition coefficient (Wildman–Crippen LogP) is 4.67. The van der Waals surface area contributed by atoms with E-state index in [1.54, 1.807) is 7.11 Å². The zero-order chi connectivity index (χ0) is 21.6. The molecule has 31 heavy (non-hydrogen) atoms. The van der Waals surface area contributed by atoms with Crippen molar-refractivity contribution >= 4 is 45.9 Å². The van der Waals surface area contributed by atoms with Crippen molar-refractivity contribution in [1.29, 1.82) is 0 Å². The first-order chi connectivity index (χ1) is 15.1. The summed E-state index contributed by atoms with van der Waals surface area (Å²) in [5.41, 5.74) is 2.26. The zero-order valence-electron chi connectivity index (χ0n) is 16.7. The number of benzene rings is 1. The second-order valence-electron chi connectivity index (χ2n) is 6.34. The lowest BCUT2D eigenvalue weighted by Crippen LogP contribution is -2.15. The van der Waals surface area contributed by atoms with E-state index < -0.39 is 0 Å². The molecule has 0 bridgehead atoms. The van der Waals surface area contributed by atoms with Crippen LogP contribution in [0.3, 0.4) is 0 Å². The first-order valence-electron chi connectivity index (χ1n) is 9.15. The molecule has 3 heterocycles. The molecule has 0 spiro atoms. The van der Waals surface area contributed by atoms with Crippen molar-refractivity contribution in [2.75, 3.05) is 12.4 Å².